The minimum Gasteiger partial charge on any atom is -0.493 e. The highest BCUT2D eigenvalue weighted by Crippen LogP contribution is 2.35. The average molecular weight is 248 g/mol. The van der Waals surface area contributed by atoms with Gasteiger partial charge in [0.15, 0.2) is 0 Å². The molecule has 3 rings (SSSR count). The Kier molecular flexibility index (Phi) is 2.33. The predicted molar refractivity (Wildman–Crippen MR) is 64.7 cm³/mol. The van der Waals surface area contributed by atoms with Gasteiger partial charge in [-0.15, -0.1) is 0 Å². The van der Waals surface area contributed by atoms with Gasteiger partial charge in [-0.2, -0.15) is 10.2 Å². The largest absolute Gasteiger partial charge is 0.493 e. The third-order valence-corrected chi connectivity index (χ3v) is 3.50. The van der Waals surface area contributed by atoms with Crippen molar-refractivity contribution in [3.8, 4) is 11.8 Å². The zero-order chi connectivity index (χ0) is 12.9. The molecular formula is C12H16N4O2. The first kappa shape index (κ1) is 11.1. The van der Waals surface area contributed by atoms with Gasteiger partial charge in [-0.1, -0.05) is 0 Å². The van der Waals surface area contributed by atoms with E-state index < -0.39 is 0 Å². The van der Waals surface area contributed by atoms with Gasteiger partial charge in [-0.25, -0.2) is 9.36 Å². The number of hydrogen-bond donors (Lipinski definition) is 2. The first-order valence-corrected chi connectivity index (χ1v) is 6.20. The number of fused-ring (bicyclic) bond motifs is 2. The molecule has 1 aliphatic carbocycles. The van der Waals surface area contributed by atoms with E-state index in [1.807, 2.05) is 13.8 Å². The lowest BCUT2D eigenvalue weighted by molar-refractivity contribution is 0.399. The lowest BCUT2D eigenvalue weighted by Gasteiger charge is -2.08. The van der Waals surface area contributed by atoms with Crippen LogP contribution in [0.15, 0.2) is 0 Å². The van der Waals surface area contributed by atoms with Crippen LogP contribution in [0.5, 0.6) is 11.8 Å². The van der Waals surface area contributed by atoms with Gasteiger partial charge >= 0.3 is 0 Å². The van der Waals surface area contributed by atoms with E-state index >= 15 is 0 Å². The summed E-state index contributed by atoms with van der Waals surface area (Å²) in [6, 6.07) is 0. The maximum absolute atomic E-state index is 10.0. The van der Waals surface area contributed by atoms with Gasteiger partial charge in [0.05, 0.1) is 11.4 Å². The zero-order valence-corrected chi connectivity index (χ0v) is 10.5. The van der Waals surface area contributed by atoms with Crippen molar-refractivity contribution in [2.75, 3.05) is 0 Å². The van der Waals surface area contributed by atoms with Crippen LogP contribution in [0.3, 0.4) is 0 Å². The topological polar surface area (TPSA) is 76.1 Å². The molecule has 0 aliphatic heterocycles. The molecule has 96 valence electrons. The Balaban J connectivity index is 2.08. The summed E-state index contributed by atoms with van der Waals surface area (Å²) >= 11 is 0. The molecule has 0 bridgehead atoms. The van der Waals surface area contributed by atoms with E-state index in [0.717, 1.165) is 22.5 Å². The lowest BCUT2D eigenvalue weighted by atomic mass is 9.95. The maximum atomic E-state index is 10.0. The number of hydrogen-bond acceptors (Lipinski definition) is 4. The van der Waals surface area contributed by atoms with Crippen molar-refractivity contribution in [1.29, 1.82) is 0 Å². The fraction of sp³-hybridized carbons (Fsp3) is 0.500. The van der Waals surface area contributed by atoms with Gasteiger partial charge in [-0.3, -0.25) is 0 Å². The first-order chi connectivity index (χ1) is 8.65. The monoisotopic (exact) mass is 248 g/mol. The van der Waals surface area contributed by atoms with Gasteiger partial charge in [0.25, 0.3) is 0 Å². The van der Waals surface area contributed by atoms with Crippen LogP contribution in [0.4, 0.5) is 0 Å². The summed E-state index contributed by atoms with van der Waals surface area (Å²) < 4.78 is 3.17. The zero-order valence-electron chi connectivity index (χ0n) is 10.5. The van der Waals surface area contributed by atoms with Crippen LogP contribution >= 0.6 is 0 Å². The molecule has 0 saturated heterocycles. The standard InChI is InChI=1S/C12H16N4O2/c1-3-15-11(17)7-5-10-8(6-9(7)13-15)12(18)16(4-2)14-10/h17-18H,3-6H2,1-2H3. The van der Waals surface area contributed by atoms with Crippen LogP contribution < -0.4 is 0 Å². The minimum atomic E-state index is 0.226. The van der Waals surface area contributed by atoms with Gasteiger partial charge < -0.3 is 10.2 Å². The van der Waals surface area contributed by atoms with Gasteiger partial charge in [0, 0.05) is 37.1 Å². The fourth-order valence-corrected chi connectivity index (χ4v) is 2.50. The summed E-state index contributed by atoms with van der Waals surface area (Å²) in [5.74, 6) is 0.451. The molecule has 0 amide bonds. The van der Waals surface area contributed by atoms with E-state index in [1.54, 1.807) is 9.36 Å². The Hall–Kier alpha value is -1.98. The van der Waals surface area contributed by atoms with Crippen LogP contribution in [0.25, 0.3) is 0 Å². The summed E-state index contributed by atoms with van der Waals surface area (Å²) in [5.41, 5.74) is 3.36. The van der Waals surface area contributed by atoms with Crippen molar-refractivity contribution in [3.05, 3.63) is 22.5 Å². The summed E-state index contributed by atoms with van der Waals surface area (Å²) in [6.07, 6.45) is 1.08. The molecular weight excluding hydrogens is 232 g/mol. The molecule has 6 nitrogen and oxygen atoms in total. The number of aryl methyl sites for hydroxylation is 2. The first-order valence-electron chi connectivity index (χ1n) is 6.20. The van der Waals surface area contributed by atoms with Gasteiger partial charge in [0.2, 0.25) is 11.8 Å². The molecule has 2 N–H and O–H groups in total. The normalized spacial score (nSPS) is 13.4. The Labute approximate surface area is 104 Å². The molecule has 0 atom stereocenters. The summed E-state index contributed by atoms with van der Waals surface area (Å²) in [4.78, 5) is 0. The highest BCUT2D eigenvalue weighted by atomic mass is 16.3. The maximum Gasteiger partial charge on any atom is 0.213 e. The molecule has 0 radical (unpaired) electrons. The number of aromatic nitrogens is 4. The van der Waals surface area contributed by atoms with Crippen LogP contribution in [0, 0.1) is 0 Å². The average Bonchev–Trinajstić information content (AvgIpc) is 2.86. The van der Waals surface area contributed by atoms with Gasteiger partial charge in [0.1, 0.15) is 0 Å². The molecule has 0 saturated carbocycles. The third-order valence-electron chi connectivity index (χ3n) is 3.50. The number of aromatic hydroxyl groups is 2. The lowest BCUT2D eigenvalue weighted by Crippen LogP contribution is -2.05. The SMILES string of the molecule is CCn1nc2c(c1O)Cc1nn(CC)c(O)c1C2. The quantitative estimate of drug-likeness (QED) is 0.710. The van der Waals surface area contributed by atoms with E-state index in [4.69, 9.17) is 0 Å². The molecule has 0 spiro atoms. The molecule has 2 heterocycles. The third kappa shape index (κ3) is 1.35. The Morgan fingerprint density at radius 1 is 0.889 bits per heavy atom. The summed E-state index contributed by atoms with van der Waals surface area (Å²) in [7, 11) is 0. The molecule has 2 aromatic heterocycles. The van der Waals surface area contributed by atoms with Gasteiger partial charge in [-0.05, 0) is 13.8 Å². The number of rotatable bonds is 2. The highest BCUT2D eigenvalue weighted by Gasteiger charge is 2.28. The summed E-state index contributed by atoms with van der Waals surface area (Å²) in [5, 5.41) is 28.8. The molecule has 2 aromatic rings. The van der Waals surface area contributed by atoms with Crippen molar-refractivity contribution in [3.63, 3.8) is 0 Å². The highest BCUT2D eigenvalue weighted by molar-refractivity contribution is 5.47. The van der Waals surface area contributed by atoms with Crippen molar-refractivity contribution >= 4 is 0 Å². The van der Waals surface area contributed by atoms with E-state index in [1.165, 1.54) is 0 Å². The van der Waals surface area contributed by atoms with Crippen LogP contribution in [-0.4, -0.2) is 29.8 Å². The minimum absolute atomic E-state index is 0.226. The second-order valence-corrected chi connectivity index (χ2v) is 4.48. The summed E-state index contributed by atoms with van der Waals surface area (Å²) in [6.45, 7) is 5.15. The van der Waals surface area contributed by atoms with Crippen LogP contribution in [0.2, 0.25) is 0 Å². The molecule has 0 fully saturated rings. The molecule has 0 unspecified atom stereocenters. The number of nitrogens with zero attached hydrogens (tertiary/aromatic N) is 4. The Morgan fingerprint density at radius 3 is 1.61 bits per heavy atom. The van der Waals surface area contributed by atoms with Crippen LogP contribution in [0.1, 0.15) is 36.4 Å². The molecule has 18 heavy (non-hydrogen) atoms. The molecule has 6 heteroatoms. The van der Waals surface area contributed by atoms with Crippen LogP contribution in [-0.2, 0) is 25.9 Å². The molecule has 0 aromatic carbocycles. The van der Waals surface area contributed by atoms with Crippen molar-refractivity contribution < 1.29 is 10.2 Å². The second kappa shape index (κ2) is 3.76. The fourth-order valence-electron chi connectivity index (χ4n) is 2.50. The Morgan fingerprint density at radius 2 is 1.28 bits per heavy atom. The van der Waals surface area contributed by atoms with Crippen molar-refractivity contribution in [1.82, 2.24) is 19.6 Å². The van der Waals surface area contributed by atoms with E-state index in [0.29, 0.717) is 25.9 Å². The Bertz CT molecular complexity index is 558. The van der Waals surface area contributed by atoms with E-state index in [2.05, 4.69) is 10.2 Å². The van der Waals surface area contributed by atoms with E-state index in [-0.39, 0.29) is 11.8 Å². The smallest absolute Gasteiger partial charge is 0.213 e. The predicted octanol–water partition coefficient (Wildman–Crippen LogP) is 1.03. The molecule has 1 aliphatic rings. The second-order valence-electron chi connectivity index (χ2n) is 4.48. The van der Waals surface area contributed by atoms with Crippen molar-refractivity contribution in [2.45, 2.75) is 39.8 Å². The van der Waals surface area contributed by atoms with Crippen molar-refractivity contribution in [2.24, 2.45) is 0 Å². The van der Waals surface area contributed by atoms with E-state index in [9.17, 15) is 10.2 Å².